The number of hydrogen-bond acceptors (Lipinski definition) is 6. The third kappa shape index (κ3) is 4.80. The molecule has 1 saturated carbocycles. The second-order valence-corrected chi connectivity index (χ2v) is 9.37. The normalized spacial score (nSPS) is 25.1. The SMILES string of the molecule is Cc1nc(CN2C[C@H](NC(=O)CCS(C)(=O)=O)[C@@H](C3CC3)C2)co1. The van der Waals surface area contributed by atoms with Crippen molar-refractivity contribution in [3.8, 4) is 0 Å². The molecule has 0 unspecified atom stereocenters. The van der Waals surface area contributed by atoms with Crippen molar-refractivity contribution in [3.63, 3.8) is 0 Å². The van der Waals surface area contributed by atoms with Crippen molar-refractivity contribution in [2.75, 3.05) is 25.1 Å². The summed E-state index contributed by atoms with van der Waals surface area (Å²) in [4.78, 5) is 18.7. The molecule has 8 heteroatoms. The molecule has 0 spiro atoms. The average molecular weight is 355 g/mol. The Hall–Kier alpha value is -1.41. The van der Waals surface area contributed by atoms with Crippen molar-refractivity contribution in [1.82, 2.24) is 15.2 Å². The Morgan fingerprint density at radius 2 is 2.17 bits per heavy atom. The predicted molar refractivity (Wildman–Crippen MR) is 89.0 cm³/mol. The van der Waals surface area contributed by atoms with Crippen molar-refractivity contribution in [1.29, 1.82) is 0 Å². The van der Waals surface area contributed by atoms with Gasteiger partial charge in [0.25, 0.3) is 0 Å². The van der Waals surface area contributed by atoms with Crippen LogP contribution < -0.4 is 5.32 Å². The number of aryl methyl sites for hydroxylation is 1. The van der Waals surface area contributed by atoms with Crippen molar-refractivity contribution in [2.45, 2.75) is 38.8 Å². The largest absolute Gasteiger partial charge is 0.449 e. The van der Waals surface area contributed by atoms with Gasteiger partial charge < -0.3 is 9.73 Å². The maximum atomic E-state index is 12.1. The van der Waals surface area contributed by atoms with Gasteiger partial charge in [-0.15, -0.1) is 0 Å². The average Bonchev–Trinajstić information content (AvgIpc) is 3.14. The van der Waals surface area contributed by atoms with Gasteiger partial charge in [-0.3, -0.25) is 9.69 Å². The molecule has 1 aliphatic carbocycles. The van der Waals surface area contributed by atoms with E-state index in [0.717, 1.165) is 31.6 Å². The molecular weight excluding hydrogens is 330 g/mol. The van der Waals surface area contributed by atoms with E-state index in [0.29, 0.717) is 17.7 Å². The van der Waals surface area contributed by atoms with Crippen LogP contribution in [0.25, 0.3) is 0 Å². The van der Waals surface area contributed by atoms with Crippen molar-refractivity contribution < 1.29 is 17.6 Å². The van der Waals surface area contributed by atoms with Crippen molar-refractivity contribution >= 4 is 15.7 Å². The Kier molecular flexibility index (Phi) is 4.96. The number of rotatable bonds is 7. The van der Waals surface area contributed by atoms with Gasteiger partial charge in [0.1, 0.15) is 16.1 Å². The molecule has 1 aliphatic heterocycles. The van der Waals surface area contributed by atoms with Crippen LogP contribution in [0.4, 0.5) is 0 Å². The molecule has 2 atom stereocenters. The molecule has 24 heavy (non-hydrogen) atoms. The second kappa shape index (κ2) is 6.84. The number of oxazole rings is 1. The van der Waals surface area contributed by atoms with Crippen LogP contribution in [-0.4, -0.2) is 55.3 Å². The first-order chi connectivity index (χ1) is 11.3. The van der Waals surface area contributed by atoms with Crippen LogP contribution in [0.15, 0.2) is 10.7 Å². The molecule has 0 radical (unpaired) electrons. The Balaban J connectivity index is 1.56. The van der Waals surface area contributed by atoms with Gasteiger partial charge in [0.05, 0.1) is 11.4 Å². The van der Waals surface area contributed by atoms with Crippen LogP contribution in [0.1, 0.15) is 30.8 Å². The summed E-state index contributed by atoms with van der Waals surface area (Å²) in [5, 5.41) is 3.05. The number of carbonyl (C=O) groups is 1. The summed E-state index contributed by atoms with van der Waals surface area (Å²) >= 11 is 0. The number of nitrogens with zero attached hydrogens (tertiary/aromatic N) is 2. The molecule has 1 aromatic rings. The quantitative estimate of drug-likeness (QED) is 0.776. The minimum Gasteiger partial charge on any atom is -0.449 e. The van der Waals surface area contributed by atoms with Crippen LogP contribution in [0, 0.1) is 18.8 Å². The van der Waals surface area contributed by atoms with E-state index in [-0.39, 0.29) is 24.1 Å². The van der Waals surface area contributed by atoms with Gasteiger partial charge >= 0.3 is 0 Å². The van der Waals surface area contributed by atoms with Crippen molar-refractivity contribution in [2.24, 2.45) is 11.8 Å². The predicted octanol–water partition coefficient (Wildman–Crippen LogP) is 0.744. The van der Waals surface area contributed by atoms with Gasteiger partial charge in [-0.05, 0) is 24.7 Å². The second-order valence-electron chi connectivity index (χ2n) is 7.11. The lowest BCUT2D eigenvalue weighted by Gasteiger charge is -2.19. The Labute approximate surface area is 142 Å². The highest BCUT2D eigenvalue weighted by molar-refractivity contribution is 7.90. The summed E-state index contributed by atoms with van der Waals surface area (Å²) in [7, 11) is -3.11. The molecule has 2 heterocycles. The fourth-order valence-electron chi connectivity index (χ4n) is 3.46. The number of amides is 1. The highest BCUT2D eigenvalue weighted by atomic mass is 32.2. The monoisotopic (exact) mass is 355 g/mol. The molecular formula is C16H25N3O4S. The van der Waals surface area contributed by atoms with Crippen LogP contribution in [-0.2, 0) is 21.2 Å². The smallest absolute Gasteiger partial charge is 0.221 e. The minimum atomic E-state index is -3.11. The summed E-state index contributed by atoms with van der Waals surface area (Å²) < 4.78 is 27.7. The van der Waals surface area contributed by atoms with Gasteiger partial charge in [0, 0.05) is 45.3 Å². The first-order valence-corrected chi connectivity index (χ1v) is 10.5. The molecule has 0 aromatic carbocycles. The van der Waals surface area contributed by atoms with E-state index >= 15 is 0 Å². The van der Waals surface area contributed by atoms with E-state index in [1.54, 1.807) is 6.26 Å². The van der Waals surface area contributed by atoms with Crippen LogP contribution in [0.5, 0.6) is 0 Å². The molecule has 1 N–H and O–H groups in total. The van der Waals surface area contributed by atoms with Gasteiger partial charge in [-0.2, -0.15) is 0 Å². The topological polar surface area (TPSA) is 92.5 Å². The Bertz CT molecular complexity index is 696. The fraction of sp³-hybridized carbons (Fsp3) is 0.750. The highest BCUT2D eigenvalue weighted by Crippen LogP contribution is 2.41. The molecule has 2 aliphatic rings. The number of carbonyl (C=O) groups excluding carboxylic acids is 1. The number of nitrogens with one attached hydrogen (secondary N) is 1. The highest BCUT2D eigenvalue weighted by Gasteiger charge is 2.43. The Morgan fingerprint density at radius 3 is 2.75 bits per heavy atom. The number of likely N-dealkylation sites (tertiary alicyclic amines) is 1. The van der Waals surface area contributed by atoms with E-state index in [2.05, 4.69) is 15.2 Å². The molecule has 0 bridgehead atoms. The molecule has 1 aromatic heterocycles. The van der Waals surface area contributed by atoms with E-state index < -0.39 is 9.84 Å². The van der Waals surface area contributed by atoms with E-state index in [4.69, 9.17) is 4.42 Å². The third-order valence-electron chi connectivity index (χ3n) is 4.77. The molecule has 134 valence electrons. The molecule has 1 saturated heterocycles. The maximum absolute atomic E-state index is 12.1. The van der Waals surface area contributed by atoms with Gasteiger partial charge in [0.2, 0.25) is 5.91 Å². The molecule has 3 rings (SSSR count). The minimum absolute atomic E-state index is 0.0369. The van der Waals surface area contributed by atoms with Gasteiger partial charge in [0.15, 0.2) is 5.89 Å². The zero-order valence-corrected chi connectivity index (χ0v) is 15.0. The van der Waals surface area contributed by atoms with Crippen LogP contribution >= 0.6 is 0 Å². The number of aromatic nitrogens is 1. The zero-order valence-electron chi connectivity index (χ0n) is 14.2. The van der Waals surface area contributed by atoms with Gasteiger partial charge in [-0.25, -0.2) is 13.4 Å². The van der Waals surface area contributed by atoms with E-state index in [9.17, 15) is 13.2 Å². The standard InChI is InChI=1S/C16H25N3O4S/c1-11-17-13(10-23-11)7-19-8-14(12-3-4-12)15(9-19)18-16(20)5-6-24(2,21)22/h10,12,14-15H,3-9H2,1-2H3,(H,18,20)/t14-,15+/m1/s1. The summed E-state index contributed by atoms with van der Waals surface area (Å²) in [6.07, 6.45) is 5.31. The molecule has 7 nitrogen and oxygen atoms in total. The maximum Gasteiger partial charge on any atom is 0.221 e. The summed E-state index contributed by atoms with van der Waals surface area (Å²) in [6, 6.07) is 0.0950. The van der Waals surface area contributed by atoms with Gasteiger partial charge in [-0.1, -0.05) is 0 Å². The van der Waals surface area contributed by atoms with Crippen LogP contribution in [0.2, 0.25) is 0 Å². The first kappa shape index (κ1) is 17.4. The summed E-state index contributed by atoms with van der Waals surface area (Å²) in [6.45, 7) is 4.26. The zero-order chi connectivity index (χ0) is 17.3. The first-order valence-electron chi connectivity index (χ1n) is 8.40. The van der Waals surface area contributed by atoms with E-state index in [1.807, 2.05) is 6.92 Å². The van der Waals surface area contributed by atoms with Crippen molar-refractivity contribution in [3.05, 3.63) is 17.8 Å². The van der Waals surface area contributed by atoms with E-state index in [1.165, 1.54) is 12.8 Å². The summed E-state index contributed by atoms with van der Waals surface area (Å²) in [5.41, 5.74) is 0.908. The number of sulfone groups is 1. The fourth-order valence-corrected chi connectivity index (χ4v) is 4.02. The lowest BCUT2D eigenvalue weighted by molar-refractivity contribution is -0.121. The molecule has 2 fully saturated rings. The number of hydrogen-bond donors (Lipinski definition) is 1. The summed E-state index contributed by atoms with van der Waals surface area (Å²) in [5.74, 6) is 1.51. The Morgan fingerprint density at radius 1 is 1.42 bits per heavy atom. The molecule has 1 amide bonds. The lowest BCUT2D eigenvalue weighted by Crippen LogP contribution is -2.41. The van der Waals surface area contributed by atoms with Crippen LogP contribution in [0.3, 0.4) is 0 Å². The third-order valence-corrected chi connectivity index (χ3v) is 5.71. The lowest BCUT2D eigenvalue weighted by atomic mass is 9.98.